The third-order valence-corrected chi connectivity index (χ3v) is 6.39. The van der Waals surface area contributed by atoms with Crippen molar-refractivity contribution >= 4 is 28.5 Å². The molecular formula is C20H20F3N5O2S. The number of ether oxygens (including phenoxy) is 1. The van der Waals surface area contributed by atoms with Gasteiger partial charge >= 0.3 is 0 Å². The summed E-state index contributed by atoms with van der Waals surface area (Å²) < 4.78 is 47.1. The molecule has 31 heavy (non-hydrogen) atoms. The van der Waals surface area contributed by atoms with Gasteiger partial charge in [0.15, 0.2) is 10.8 Å². The Kier molecular flexibility index (Phi) is 5.65. The summed E-state index contributed by atoms with van der Waals surface area (Å²) in [5, 5.41) is 2.91. The highest BCUT2D eigenvalue weighted by Crippen LogP contribution is 2.51. The van der Waals surface area contributed by atoms with Gasteiger partial charge in [0.25, 0.3) is 12.3 Å². The van der Waals surface area contributed by atoms with E-state index in [0.29, 0.717) is 11.3 Å². The zero-order valence-corrected chi connectivity index (χ0v) is 17.3. The number of nitrogens with zero attached hydrogens (tertiary/aromatic N) is 3. The summed E-state index contributed by atoms with van der Waals surface area (Å²) in [7, 11) is 0. The molecule has 0 aliphatic carbocycles. The van der Waals surface area contributed by atoms with Gasteiger partial charge in [0, 0.05) is 17.9 Å². The fourth-order valence-electron chi connectivity index (χ4n) is 3.82. The van der Waals surface area contributed by atoms with Crippen LogP contribution < -0.4 is 11.1 Å². The summed E-state index contributed by atoms with van der Waals surface area (Å²) in [6.07, 6.45) is -1.04. The lowest BCUT2D eigenvalue weighted by Crippen LogP contribution is -2.60. The fraction of sp³-hybridized carbons (Fsp3) is 0.400. The quantitative estimate of drug-likeness (QED) is 0.738. The van der Waals surface area contributed by atoms with Crippen LogP contribution in [0, 0.1) is 0 Å². The van der Waals surface area contributed by atoms with Crippen LogP contribution >= 0.6 is 11.8 Å². The van der Waals surface area contributed by atoms with Gasteiger partial charge in [-0.3, -0.25) is 9.78 Å². The predicted molar refractivity (Wildman–Crippen MR) is 111 cm³/mol. The zero-order chi connectivity index (χ0) is 22.2. The first-order valence-corrected chi connectivity index (χ1v) is 10.5. The Balaban J connectivity index is 1.63. The molecule has 0 bridgehead atoms. The second-order valence-corrected chi connectivity index (χ2v) is 8.55. The Morgan fingerprint density at radius 3 is 2.87 bits per heavy atom. The summed E-state index contributed by atoms with van der Waals surface area (Å²) in [4.78, 5) is 24.2. The standard InChI is InChI=1S/C20H20F3N5O2S/c1-11-6-19(23)10-31-18(24)28-20(19,9-30-11)12-3-2-4-13(5-12)27-17(29)15-8-25-14(7-26-15)16(21)22/h2-5,7-8,11,16H,6,9-10H2,1H3,(H2,24,28)(H,27,29)/t11-,19+,20+/m0/s1. The highest BCUT2D eigenvalue weighted by molar-refractivity contribution is 8.13. The molecule has 3 N–H and O–H groups in total. The van der Waals surface area contributed by atoms with Crippen LogP contribution in [-0.4, -0.2) is 45.2 Å². The Bertz CT molecular complexity index is 1020. The van der Waals surface area contributed by atoms with E-state index in [2.05, 4.69) is 20.3 Å². The second kappa shape index (κ2) is 8.12. The molecular weight excluding hydrogens is 431 g/mol. The molecule has 2 aliphatic heterocycles. The molecule has 1 amide bonds. The van der Waals surface area contributed by atoms with Gasteiger partial charge in [-0.2, -0.15) is 0 Å². The fourth-order valence-corrected chi connectivity index (χ4v) is 4.77. The number of fused-ring (bicyclic) bond motifs is 1. The zero-order valence-electron chi connectivity index (χ0n) is 16.5. The lowest BCUT2D eigenvalue weighted by molar-refractivity contribution is -0.106. The van der Waals surface area contributed by atoms with E-state index >= 15 is 4.39 Å². The minimum Gasteiger partial charge on any atom is -0.379 e. The molecule has 3 atom stereocenters. The third kappa shape index (κ3) is 3.99. The number of nitrogens with one attached hydrogen (secondary N) is 1. The molecule has 0 saturated carbocycles. The summed E-state index contributed by atoms with van der Waals surface area (Å²) in [6, 6.07) is 6.61. The number of hydrogen-bond donors (Lipinski definition) is 2. The number of anilines is 1. The number of rotatable bonds is 4. The number of alkyl halides is 3. The Morgan fingerprint density at radius 2 is 2.16 bits per heavy atom. The van der Waals surface area contributed by atoms with Crippen molar-refractivity contribution < 1.29 is 22.7 Å². The molecule has 1 fully saturated rings. The molecule has 0 spiro atoms. The normalized spacial score (nSPS) is 28.0. The van der Waals surface area contributed by atoms with Gasteiger partial charge in [-0.1, -0.05) is 23.9 Å². The first kappa shape index (κ1) is 21.6. The largest absolute Gasteiger partial charge is 0.379 e. The molecule has 0 unspecified atom stereocenters. The van der Waals surface area contributed by atoms with Gasteiger partial charge in [0.05, 0.1) is 25.1 Å². The van der Waals surface area contributed by atoms with Gasteiger partial charge in [0.1, 0.15) is 16.9 Å². The number of amidine groups is 1. The summed E-state index contributed by atoms with van der Waals surface area (Å²) in [5.74, 6) is -0.483. The lowest BCUT2D eigenvalue weighted by atomic mass is 9.73. The smallest absolute Gasteiger partial charge is 0.281 e. The molecule has 4 rings (SSSR count). The molecule has 7 nitrogen and oxygen atoms in total. The van der Waals surface area contributed by atoms with Crippen molar-refractivity contribution in [2.24, 2.45) is 10.7 Å². The van der Waals surface area contributed by atoms with Gasteiger partial charge in [0.2, 0.25) is 0 Å². The van der Waals surface area contributed by atoms with E-state index in [9.17, 15) is 13.6 Å². The van der Waals surface area contributed by atoms with Crippen LogP contribution in [0.15, 0.2) is 41.7 Å². The van der Waals surface area contributed by atoms with Gasteiger partial charge in [-0.25, -0.2) is 23.1 Å². The average molecular weight is 451 g/mol. The molecule has 11 heteroatoms. The second-order valence-electron chi connectivity index (χ2n) is 7.55. The van der Waals surface area contributed by atoms with Gasteiger partial charge < -0.3 is 15.8 Å². The summed E-state index contributed by atoms with van der Waals surface area (Å²) >= 11 is 1.17. The van der Waals surface area contributed by atoms with E-state index in [1.807, 2.05) is 6.92 Å². The van der Waals surface area contributed by atoms with Crippen molar-refractivity contribution in [3.8, 4) is 0 Å². The number of aliphatic imine (C=N–C) groups is 1. The molecule has 1 aromatic carbocycles. The number of amides is 1. The van der Waals surface area contributed by atoms with Crippen LogP contribution in [0.25, 0.3) is 0 Å². The Morgan fingerprint density at radius 1 is 1.35 bits per heavy atom. The molecule has 1 saturated heterocycles. The highest BCUT2D eigenvalue weighted by atomic mass is 32.2. The molecule has 164 valence electrons. The van der Waals surface area contributed by atoms with E-state index in [1.165, 1.54) is 11.8 Å². The van der Waals surface area contributed by atoms with Crippen LogP contribution in [-0.2, 0) is 10.3 Å². The first-order chi connectivity index (χ1) is 14.7. The van der Waals surface area contributed by atoms with E-state index in [0.717, 1.165) is 12.4 Å². The number of nitrogens with two attached hydrogens (primary N) is 1. The number of halogens is 3. The van der Waals surface area contributed by atoms with Gasteiger partial charge in [-0.15, -0.1) is 0 Å². The average Bonchev–Trinajstić information content (AvgIpc) is 2.74. The number of aromatic nitrogens is 2. The minimum absolute atomic E-state index is 0.0178. The minimum atomic E-state index is -2.77. The van der Waals surface area contributed by atoms with Crippen molar-refractivity contribution in [1.82, 2.24) is 9.97 Å². The molecule has 3 heterocycles. The molecule has 1 aromatic heterocycles. The van der Waals surface area contributed by atoms with Crippen molar-refractivity contribution in [2.75, 3.05) is 17.7 Å². The number of benzene rings is 1. The van der Waals surface area contributed by atoms with Crippen LogP contribution in [0.5, 0.6) is 0 Å². The number of hydrogen-bond acceptors (Lipinski definition) is 7. The van der Waals surface area contributed by atoms with E-state index in [1.54, 1.807) is 24.3 Å². The number of carbonyl (C=O) groups excluding carboxylic acids is 1. The monoisotopic (exact) mass is 451 g/mol. The van der Waals surface area contributed by atoms with Gasteiger partial charge in [-0.05, 0) is 24.6 Å². The summed E-state index contributed by atoms with van der Waals surface area (Å²) in [6.45, 7) is 1.83. The maximum Gasteiger partial charge on any atom is 0.281 e. The molecule has 2 aromatic rings. The topological polar surface area (TPSA) is 102 Å². The van der Waals surface area contributed by atoms with E-state index < -0.39 is 29.2 Å². The van der Waals surface area contributed by atoms with Crippen molar-refractivity contribution in [3.63, 3.8) is 0 Å². The maximum atomic E-state index is 16.1. The van der Waals surface area contributed by atoms with E-state index in [4.69, 9.17) is 10.5 Å². The number of thioether (sulfide) groups is 1. The molecule has 2 aliphatic rings. The Labute approximate surface area is 180 Å². The molecule has 0 radical (unpaired) electrons. The van der Waals surface area contributed by atoms with Crippen molar-refractivity contribution in [2.45, 2.75) is 37.1 Å². The summed E-state index contributed by atoms with van der Waals surface area (Å²) in [5.41, 5.74) is 3.18. The van der Waals surface area contributed by atoms with Crippen molar-refractivity contribution in [3.05, 3.63) is 53.6 Å². The Hall–Kier alpha value is -2.66. The highest BCUT2D eigenvalue weighted by Gasteiger charge is 2.59. The maximum absolute atomic E-state index is 16.1. The van der Waals surface area contributed by atoms with Crippen molar-refractivity contribution in [1.29, 1.82) is 0 Å². The lowest BCUT2D eigenvalue weighted by Gasteiger charge is -2.49. The number of carbonyl (C=O) groups is 1. The third-order valence-electron chi connectivity index (χ3n) is 5.40. The van der Waals surface area contributed by atoms with Crippen LogP contribution in [0.1, 0.15) is 41.5 Å². The SMILES string of the molecule is C[C@H]1C[C@@]2(F)CSC(N)=N[C@@]2(c2cccc(NC(=O)c3cnc(C(F)F)cn3)c2)CO1. The van der Waals surface area contributed by atoms with E-state index in [-0.39, 0.29) is 35.7 Å². The first-order valence-electron chi connectivity index (χ1n) is 9.53. The van der Waals surface area contributed by atoms with Crippen LogP contribution in [0.4, 0.5) is 18.9 Å². The van der Waals surface area contributed by atoms with Crippen LogP contribution in [0.2, 0.25) is 0 Å². The van der Waals surface area contributed by atoms with Crippen LogP contribution in [0.3, 0.4) is 0 Å². The predicted octanol–water partition coefficient (Wildman–Crippen LogP) is 3.44.